The predicted octanol–water partition coefficient (Wildman–Crippen LogP) is 0.185. The Kier molecular flexibility index (Phi) is 6.18. The lowest BCUT2D eigenvalue weighted by Crippen LogP contribution is -2.53. The SMILES string of the molecule is CCOC(C)CNS(=O)(=O)N1CCCCC1C(=O)O. The number of carboxylic acid groups (broad SMARTS) is 1. The number of nitrogens with zero attached hydrogens (tertiary/aromatic N) is 1. The van der Waals surface area contributed by atoms with Crippen LogP contribution in [-0.4, -0.2) is 55.6 Å². The van der Waals surface area contributed by atoms with Gasteiger partial charge < -0.3 is 9.84 Å². The molecular formula is C11H22N2O5S. The lowest BCUT2D eigenvalue weighted by Gasteiger charge is -2.32. The first-order valence-electron chi connectivity index (χ1n) is 6.49. The molecule has 112 valence electrons. The van der Waals surface area contributed by atoms with Gasteiger partial charge >= 0.3 is 5.97 Å². The Hall–Kier alpha value is -0.700. The Balaban J connectivity index is 2.66. The summed E-state index contributed by atoms with van der Waals surface area (Å²) in [5.74, 6) is -1.09. The molecule has 0 aromatic heterocycles. The van der Waals surface area contributed by atoms with Crippen LogP contribution in [0.25, 0.3) is 0 Å². The van der Waals surface area contributed by atoms with Gasteiger partial charge in [0.15, 0.2) is 0 Å². The fraction of sp³-hybridized carbons (Fsp3) is 0.909. The summed E-state index contributed by atoms with van der Waals surface area (Å²) in [6, 6.07) is -0.964. The highest BCUT2D eigenvalue weighted by molar-refractivity contribution is 7.87. The van der Waals surface area contributed by atoms with E-state index in [1.807, 2.05) is 6.92 Å². The first kappa shape index (κ1) is 16.4. The van der Waals surface area contributed by atoms with E-state index in [2.05, 4.69) is 4.72 Å². The number of rotatable bonds is 7. The molecule has 0 radical (unpaired) electrons. The first-order valence-corrected chi connectivity index (χ1v) is 7.93. The zero-order valence-corrected chi connectivity index (χ0v) is 12.1. The molecule has 0 saturated carbocycles. The molecule has 8 heteroatoms. The molecule has 0 bridgehead atoms. The summed E-state index contributed by atoms with van der Waals surface area (Å²) in [6.07, 6.45) is 1.54. The molecule has 0 amide bonds. The van der Waals surface area contributed by atoms with Crippen molar-refractivity contribution in [3.8, 4) is 0 Å². The minimum absolute atomic E-state index is 0.138. The van der Waals surface area contributed by atoms with Crippen LogP contribution in [0, 0.1) is 0 Å². The summed E-state index contributed by atoms with van der Waals surface area (Å²) in [5.41, 5.74) is 0. The highest BCUT2D eigenvalue weighted by atomic mass is 32.2. The monoisotopic (exact) mass is 294 g/mol. The number of aliphatic carboxylic acids is 1. The van der Waals surface area contributed by atoms with Crippen LogP contribution in [0.3, 0.4) is 0 Å². The maximum absolute atomic E-state index is 12.1. The third kappa shape index (κ3) is 4.72. The van der Waals surface area contributed by atoms with Crippen LogP contribution in [0.15, 0.2) is 0 Å². The van der Waals surface area contributed by atoms with Crippen molar-refractivity contribution in [3.05, 3.63) is 0 Å². The molecule has 7 nitrogen and oxygen atoms in total. The summed E-state index contributed by atoms with van der Waals surface area (Å²) in [7, 11) is -3.77. The van der Waals surface area contributed by atoms with Gasteiger partial charge in [-0.05, 0) is 33.1 Å². The van der Waals surface area contributed by atoms with Gasteiger partial charge in [-0.25, -0.2) is 0 Å². The predicted molar refractivity (Wildman–Crippen MR) is 70.0 cm³/mol. The second-order valence-corrected chi connectivity index (χ2v) is 6.29. The normalized spacial score (nSPS) is 23.2. The molecule has 1 aliphatic rings. The van der Waals surface area contributed by atoms with Crippen molar-refractivity contribution in [2.45, 2.75) is 45.3 Å². The Labute approximate surface area is 114 Å². The van der Waals surface area contributed by atoms with Gasteiger partial charge in [-0.15, -0.1) is 0 Å². The van der Waals surface area contributed by atoms with Crippen molar-refractivity contribution in [1.29, 1.82) is 0 Å². The Bertz CT molecular complexity index is 398. The van der Waals surface area contributed by atoms with Crippen molar-refractivity contribution in [2.75, 3.05) is 19.7 Å². The van der Waals surface area contributed by atoms with Gasteiger partial charge in [0.2, 0.25) is 0 Å². The maximum atomic E-state index is 12.1. The van der Waals surface area contributed by atoms with Crippen LogP contribution in [0.4, 0.5) is 0 Å². The molecule has 0 aromatic carbocycles. The molecule has 0 spiro atoms. The standard InChI is InChI=1S/C11H22N2O5S/c1-3-18-9(2)8-12-19(16,17)13-7-5-4-6-10(13)11(14)15/h9-10,12H,3-8H2,1-2H3,(H,14,15). The van der Waals surface area contributed by atoms with Crippen LogP contribution < -0.4 is 4.72 Å². The first-order chi connectivity index (χ1) is 8.88. The number of carboxylic acids is 1. The molecule has 2 unspecified atom stereocenters. The molecule has 1 saturated heterocycles. The summed E-state index contributed by atoms with van der Waals surface area (Å²) >= 11 is 0. The third-order valence-electron chi connectivity index (χ3n) is 3.05. The van der Waals surface area contributed by atoms with Crippen LogP contribution in [0.5, 0.6) is 0 Å². The lowest BCUT2D eigenvalue weighted by molar-refractivity contribution is -0.142. The number of hydrogen-bond donors (Lipinski definition) is 2. The van der Waals surface area contributed by atoms with Crippen LogP contribution in [-0.2, 0) is 19.7 Å². The summed E-state index contributed by atoms with van der Waals surface area (Å²) < 4.78 is 32.9. The number of hydrogen-bond acceptors (Lipinski definition) is 4. The van der Waals surface area contributed by atoms with E-state index in [0.29, 0.717) is 19.4 Å². The molecule has 0 aliphatic carbocycles. The Morgan fingerprint density at radius 2 is 2.21 bits per heavy atom. The minimum atomic E-state index is -3.77. The third-order valence-corrected chi connectivity index (χ3v) is 4.64. The molecular weight excluding hydrogens is 272 g/mol. The highest BCUT2D eigenvalue weighted by Crippen LogP contribution is 2.19. The molecule has 1 aliphatic heterocycles. The van der Waals surface area contributed by atoms with E-state index in [0.717, 1.165) is 10.7 Å². The van der Waals surface area contributed by atoms with Gasteiger partial charge in [-0.3, -0.25) is 4.79 Å². The topological polar surface area (TPSA) is 95.9 Å². The van der Waals surface area contributed by atoms with E-state index >= 15 is 0 Å². The van der Waals surface area contributed by atoms with Crippen molar-refractivity contribution in [2.24, 2.45) is 0 Å². The van der Waals surface area contributed by atoms with Crippen molar-refractivity contribution in [3.63, 3.8) is 0 Å². The van der Waals surface area contributed by atoms with E-state index in [9.17, 15) is 13.2 Å². The summed E-state index contributed by atoms with van der Waals surface area (Å²) in [6.45, 7) is 4.48. The minimum Gasteiger partial charge on any atom is -0.480 e. The lowest BCUT2D eigenvalue weighted by atomic mass is 10.1. The fourth-order valence-corrected chi connectivity index (χ4v) is 3.60. The molecule has 2 atom stereocenters. The van der Waals surface area contributed by atoms with E-state index in [1.54, 1.807) is 6.92 Å². The van der Waals surface area contributed by atoms with Crippen molar-refractivity contribution in [1.82, 2.24) is 9.03 Å². The van der Waals surface area contributed by atoms with E-state index < -0.39 is 22.2 Å². The van der Waals surface area contributed by atoms with Gasteiger partial charge in [-0.1, -0.05) is 0 Å². The van der Waals surface area contributed by atoms with Gasteiger partial charge in [0.25, 0.3) is 10.2 Å². The average Bonchev–Trinajstić information content (AvgIpc) is 2.37. The smallest absolute Gasteiger partial charge is 0.322 e. The summed E-state index contributed by atoms with van der Waals surface area (Å²) in [4.78, 5) is 11.1. The molecule has 1 rings (SSSR count). The largest absolute Gasteiger partial charge is 0.480 e. The van der Waals surface area contributed by atoms with Gasteiger partial charge in [-0.2, -0.15) is 17.4 Å². The maximum Gasteiger partial charge on any atom is 0.322 e. The zero-order valence-electron chi connectivity index (χ0n) is 11.3. The fourth-order valence-electron chi connectivity index (χ4n) is 2.09. The number of carbonyl (C=O) groups is 1. The van der Waals surface area contributed by atoms with E-state index in [-0.39, 0.29) is 19.2 Å². The van der Waals surface area contributed by atoms with E-state index in [4.69, 9.17) is 9.84 Å². The molecule has 1 fully saturated rings. The van der Waals surface area contributed by atoms with Gasteiger partial charge in [0, 0.05) is 19.7 Å². The quantitative estimate of drug-likeness (QED) is 0.698. The van der Waals surface area contributed by atoms with Crippen LogP contribution in [0.2, 0.25) is 0 Å². The van der Waals surface area contributed by atoms with Crippen LogP contribution >= 0.6 is 0 Å². The molecule has 1 heterocycles. The van der Waals surface area contributed by atoms with Crippen LogP contribution in [0.1, 0.15) is 33.1 Å². The average molecular weight is 294 g/mol. The Morgan fingerprint density at radius 3 is 2.79 bits per heavy atom. The summed E-state index contributed by atoms with van der Waals surface area (Å²) in [5, 5.41) is 9.08. The zero-order chi connectivity index (χ0) is 14.5. The highest BCUT2D eigenvalue weighted by Gasteiger charge is 2.36. The van der Waals surface area contributed by atoms with Crippen molar-refractivity contribution >= 4 is 16.2 Å². The second kappa shape index (κ2) is 7.18. The van der Waals surface area contributed by atoms with Gasteiger partial charge in [0.1, 0.15) is 6.04 Å². The number of ether oxygens (including phenoxy) is 1. The second-order valence-electron chi connectivity index (χ2n) is 4.58. The van der Waals surface area contributed by atoms with Gasteiger partial charge in [0.05, 0.1) is 6.10 Å². The molecule has 0 aromatic rings. The Morgan fingerprint density at radius 1 is 1.53 bits per heavy atom. The number of nitrogens with one attached hydrogen (secondary N) is 1. The number of piperidine rings is 1. The van der Waals surface area contributed by atoms with E-state index in [1.165, 1.54) is 0 Å². The molecule has 19 heavy (non-hydrogen) atoms. The molecule has 2 N–H and O–H groups in total. The van der Waals surface area contributed by atoms with Crippen molar-refractivity contribution < 1.29 is 23.1 Å².